The zero-order valence-electron chi connectivity index (χ0n) is 20.6. The third-order valence-electron chi connectivity index (χ3n) is 6.70. The average Bonchev–Trinajstić information content (AvgIpc) is 3.37. The zero-order valence-corrected chi connectivity index (χ0v) is 20.6. The summed E-state index contributed by atoms with van der Waals surface area (Å²) in [5, 5.41) is 12.4. The molecule has 2 aliphatic rings. The van der Waals surface area contributed by atoms with E-state index < -0.39 is 30.1 Å². The Morgan fingerprint density at radius 2 is 1.86 bits per heavy atom. The number of aliphatic carboxylic acids is 1. The minimum absolute atomic E-state index is 0.110. The predicted octanol–water partition coefficient (Wildman–Crippen LogP) is 0.794. The first-order chi connectivity index (χ1) is 16.5. The average molecular weight is 487 g/mol. The van der Waals surface area contributed by atoms with Gasteiger partial charge in [-0.25, -0.2) is 0 Å². The highest BCUT2D eigenvalue weighted by atomic mass is 16.4. The topological polar surface area (TPSA) is 127 Å². The van der Waals surface area contributed by atoms with Gasteiger partial charge in [-0.2, -0.15) is 0 Å². The first-order valence-corrected chi connectivity index (χ1v) is 11.9. The molecule has 35 heavy (non-hydrogen) atoms. The standard InChI is InChI=1S/C25H34N4O6/c1-15(2)13-18(26-23(32)16-5-7-17(8-6-16)27(3)4)24(33)28-11-9-19-22(28)21(31)14-29(19)20(10-12-30)25(34)35/h5-8,12,15,18-20,22H,9-11,13-14H2,1-4H3,(H,26,32)(H,34,35)/t18-,19+,20?,22-/m0/s1. The van der Waals surface area contributed by atoms with Gasteiger partial charge < -0.3 is 25.0 Å². The van der Waals surface area contributed by atoms with Gasteiger partial charge in [-0.05, 0) is 43.0 Å². The second-order valence-corrected chi connectivity index (χ2v) is 9.82. The van der Waals surface area contributed by atoms with Gasteiger partial charge in [0.15, 0.2) is 5.78 Å². The minimum atomic E-state index is -1.17. The molecular weight excluding hydrogens is 452 g/mol. The van der Waals surface area contributed by atoms with Crippen molar-refractivity contribution < 1.29 is 29.1 Å². The molecule has 10 nitrogen and oxygen atoms in total. The number of ketones is 1. The molecular formula is C25H34N4O6. The second kappa shape index (κ2) is 11.0. The van der Waals surface area contributed by atoms with Crippen molar-refractivity contribution in [2.45, 2.75) is 57.3 Å². The van der Waals surface area contributed by atoms with E-state index in [2.05, 4.69) is 5.32 Å². The molecule has 0 radical (unpaired) electrons. The van der Waals surface area contributed by atoms with Crippen molar-refractivity contribution in [2.75, 3.05) is 32.1 Å². The number of anilines is 1. The highest BCUT2D eigenvalue weighted by Crippen LogP contribution is 2.32. The lowest BCUT2D eigenvalue weighted by Crippen LogP contribution is -2.53. The van der Waals surface area contributed by atoms with E-state index in [-0.39, 0.29) is 43.0 Å². The lowest BCUT2D eigenvalue weighted by molar-refractivity contribution is -0.144. The molecule has 2 heterocycles. The molecule has 10 heteroatoms. The number of hydrogen-bond acceptors (Lipinski definition) is 7. The number of nitrogens with one attached hydrogen (secondary N) is 1. The molecule has 190 valence electrons. The fourth-order valence-electron chi connectivity index (χ4n) is 5.01. The number of likely N-dealkylation sites (tertiary alicyclic amines) is 2. The van der Waals surface area contributed by atoms with Gasteiger partial charge in [0, 0.05) is 44.4 Å². The number of carbonyl (C=O) groups excluding carboxylic acids is 4. The summed E-state index contributed by atoms with van der Waals surface area (Å²) in [6, 6.07) is 3.89. The molecule has 2 fully saturated rings. The van der Waals surface area contributed by atoms with Crippen LogP contribution < -0.4 is 10.2 Å². The second-order valence-electron chi connectivity index (χ2n) is 9.82. The van der Waals surface area contributed by atoms with Crippen LogP contribution in [0.2, 0.25) is 0 Å². The molecule has 0 saturated carbocycles. The van der Waals surface area contributed by atoms with Crippen molar-refractivity contribution in [1.29, 1.82) is 0 Å². The molecule has 2 saturated heterocycles. The molecule has 1 unspecified atom stereocenters. The van der Waals surface area contributed by atoms with E-state index >= 15 is 0 Å². The molecule has 0 bridgehead atoms. The first kappa shape index (κ1) is 26.3. The number of carbonyl (C=O) groups is 5. The Hall–Kier alpha value is -3.27. The summed E-state index contributed by atoms with van der Waals surface area (Å²) in [6.07, 6.45) is 1.14. The van der Waals surface area contributed by atoms with Gasteiger partial charge >= 0.3 is 5.97 Å². The lowest BCUT2D eigenvalue weighted by Gasteiger charge is -2.30. The summed E-state index contributed by atoms with van der Waals surface area (Å²) in [5.74, 6) is -2.02. The molecule has 1 aromatic carbocycles. The van der Waals surface area contributed by atoms with Crippen LogP contribution in [0.1, 0.15) is 43.5 Å². The number of Topliss-reactive ketones (excluding diaryl/α,β-unsaturated/α-hetero) is 1. The molecule has 4 atom stereocenters. The van der Waals surface area contributed by atoms with Crippen LogP contribution in [-0.2, 0) is 19.2 Å². The van der Waals surface area contributed by atoms with Crippen molar-refractivity contribution in [1.82, 2.24) is 15.1 Å². The van der Waals surface area contributed by atoms with Crippen molar-refractivity contribution in [2.24, 2.45) is 5.92 Å². The summed E-state index contributed by atoms with van der Waals surface area (Å²) >= 11 is 0. The number of carboxylic acid groups (broad SMARTS) is 1. The molecule has 0 aromatic heterocycles. The number of hydrogen-bond donors (Lipinski definition) is 2. The smallest absolute Gasteiger partial charge is 0.321 e. The monoisotopic (exact) mass is 486 g/mol. The highest BCUT2D eigenvalue weighted by Gasteiger charge is 2.53. The van der Waals surface area contributed by atoms with Gasteiger partial charge in [0.1, 0.15) is 24.4 Å². The number of amides is 2. The Morgan fingerprint density at radius 3 is 2.40 bits per heavy atom. The van der Waals surface area contributed by atoms with Gasteiger partial charge in [0.05, 0.1) is 6.54 Å². The highest BCUT2D eigenvalue weighted by molar-refractivity contribution is 6.00. The van der Waals surface area contributed by atoms with Crippen molar-refractivity contribution in [3.05, 3.63) is 29.8 Å². The van der Waals surface area contributed by atoms with Crippen molar-refractivity contribution in [3.8, 4) is 0 Å². The Kier molecular flexibility index (Phi) is 8.26. The van der Waals surface area contributed by atoms with Gasteiger partial charge in [0.25, 0.3) is 5.91 Å². The van der Waals surface area contributed by atoms with Crippen molar-refractivity contribution >= 4 is 35.5 Å². The molecule has 1 aromatic rings. The summed E-state index contributed by atoms with van der Waals surface area (Å²) in [4.78, 5) is 67.0. The van der Waals surface area contributed by atoms with Crippen LogP contribution in [0.3, 0.4) is 0 Å². The maximum absolute atomic E-state index is 13.6. The molecule has 3 rings (SSSR count). The Bertz CT molecular complexity index is 977. The van der Waals surface area contributed by atoms with Gasteiger partial charge in [-0.3, -0.25) is 24.1 Å². The quantitative estimate of drug-likeness (QED) is 0.465. The Labute approximate surface area is 205 Å². The number of fused-ring (bicyclic) bond motifs is 1. The molecule has 2 N–H and O–H groups in total. The SMILES string of the molecule is CC(C)C[C@H](NC(=O)c1ccc(N(C)C)cc1)C(=O)N1CC[C@@H]2[C@H]1C(=O)CN2C(CC=O)C(=O)O. The van der Waals surface area contributed by atoms with Crippen LogP contribution in [0.4, 0.5) is 5.69 Å². The summed E-state index contributed by atoms with van der Waals surface area (Å²) in [6.45, 7) is 4.06. The predicted molar refractivity (Wildman–Crippen MR) is 129 cm³/mol. The molecule has 0 spiro atoms. The number of nitrogens with zero attached hydrogens (tertiary/aromatic N) is 3. The van der Waals surface area contributed by atoms with E-state index in [0.717, 1.165) is 5.69 Å². The van der Waals surface area contributed by atoms with Crippen LogP contribution in [0.5, 0.6) is 0 Å². The third-order valence-corrected chi connectivity index (χ3v) is 6.70. The van der Waals surface area contributed by atoms with Gasteiger partial charge in [0.2, 0.25) is 5.91 Å². The molecule has 0 aliphatic carbocycles. The van der Waals surface area contributed by atoms with Gasteiger partial charge in [-0.1, -0.05) is 13.8 Å². The normalized spacial score (nSPS) is 21.5. The van der Waals surface area contributed by atoms with Gasteiger partial charge in [-0.15, -0.1) is 0 Å². The maximum atomic E-state index is 13.6. The maximum Gasteiger partial charge on any atom is 0.321 e. The summed E-state index contributed by atoms with van der Waals surface area (Å²) in [5.41, 5.74) is 1.37. The molecule has 2 aliphatic heterocycles. The van der Waals surface area contributed by atoms with Crippen molar-refractivity contribution in [3.63, 3.8) is 0 Å². The number of aldehydes is 1. The number of carboxylic acids is 1. The van der Waals surface area contributed by atoms with E-state index in [1.54, 1.807) is 12.1 Å². The molecule has 2 amide bonds. The summed E-state index contributed by atoms with van der Waals surface area (Å²) in [7, 11) is 3.80. The first-order valence-electron chi connectivity index (χ1n) is 11.9. The van der Waals surface area contributed by atoms with E-state index in [1.807, 2.05) is 45.0 Å². The fraction of sp³-hybridized carbons (Fsp3) is 0.560. The summed E-state index contributed by atoms with van der Waals surface area (Å²) < 4.78 is 0. The van der Waals surface area contributed by atoms with Crippen LogP contribution in [-0.4, -0.2) is 96.1 Å². The minimum Gasteiger partial charge on any atom is -0.480 e. The van der Waals surface area contributed by atoms with E-state index in [4.69, 9.17) is 0 Å². The number of rotatable bonds is 10. The van der Waals surface area contributed by atoms with Crippen LogP contribution >= 0.6 is 0 Å². The van der Waals surface area contributed by atoms with Crippen LogP contribution in [0, 0.1) is 5.92 Å². The van der Waals surface area contributed by atoms with E-state index in [1.165, 1.54) is 9.80 Å². The number of benzene rings is 1. The fourth-order valence-corrected chi connectivity index (χ4v) is 5.01. The van der Waals surface area contributed by atoms with Crippen LogP contribution in [0.15, 0.2) is 24.3 Å². The third kappa shape index (κ3) is 5.70. The van der Waals surface area contributed by atoms with Crippen LogP contribution in [0.25, 0.3) is 0 Å². The Balaban J connectivity index is 1.77. The largest absolute Gasteiger partial charge is 0.480 e. The lowest BCUT2D eigenvalue weighted by atomic mass is 10.0. The Morgan fingerprint density at radius 1 is 1.20 bits per heavy atom. The zero-order chi connectivity index (χ0) is 25.9. The van der Waals surface area contributed by atoms with E-state index in [0.29, 0.717) is 24.7 Å². The van der Waals surface area contributed by atoms with E-state index in [9.17, 15) is 29.1 Å².